The Bertz CT molecular complexity index is 535. The summed E-state index contributed by atoms with van der Waals surface area (Å²) in [7, 11) is 0. The van der Waals surface area contributed by atoms with Crippen LogP contribution >= 0.6 is 0 Å². The van der Waals surface area contributed by atoms with Gasteiger partial charge in [-0.2, -0.15) is 13.2 Å². The first-order valence-electron chi connectivity index (χ1n) is 7.08. The molecule has 8 heteroatoms. The van der Waals surface area contributed by atoms with Crippen LogP contribution in [0.4, 0.5) is 13.2 Å². The van der Waals surface area contributed by atoms with E-state index in [4.69, 9.17) is 11.5 Å². The van der Waals surface area contributed by atoms with E-state index < -0.39 is 11.7 Å². The van der Waals surface area contributed by atoms with Crippen LogP contribution in [-0.4, -0.2) is 23.0 Å². The molecule has 2 rings (SSSR count). The van der Waals surface area contributed by atoms with Gasteiger partial charge in [0, 0.05) is 24.2 Å². The van der Waals surface area contributed by atoms with Gasteiger partial charge >= 0.3 is 6.18 Å². The summed E-state index contributed by atoms with van der Waals surface area (Å²) in [5.74, 6) is -0.470. The monoisotopic (exact) mass is 316 g/mol. The van der Waals surface area contributed by atoms with Crippen molar-refractivity contribution in [2.24, 2.45) is 17.4 Å². The van der Waals surface area contributed by atoms with Gasteiger partial charge in [0.05, 0.1) is 17.8 Å². The van der Waals surface area contributed by atoms with E-state index >= 15 is 0 Å². The number of rotatable bonds is 3. The third-order valence-corrected chi connectivity index (χ3v) is 3.91. The zero-order valence-electron chi connectivity index (χ0n) is 11.9. The molecule has 0 spiro atoms. The van der Waals surface area contributed by atoms with E-state index in [2.05, 4.69) is 10.3 Å². The second kappa shape index (κ2) is 6.62. The van der Waals surface area contributed by atoms with Crippen molar-refractivity contribution in [1.29, 1.82) is 0 Å². The molecule has 0 bridgehead atoms. The maximum absolute atomic E-state index is 12.6. The first-order valence-corrected chi connectivity index (χ1v) is 7.08. The van der Waals surface area contributed by atoms with Crippen molar-refractivity contribution in [3.05, 3.63) is 29.6 Å². The topological polar surface area (TPSA) is 94.0 Å². The fraction of sp³-hybridized carbons (Fsp3) is 0.571. The summed E-state index contributed by atoms with van der Waals surface area (Å²) >= 11 is 0. The number of carbonyl (C=O) groups is 1. The molecule has 0 radical (unpaired) electrons. The third-order valence-electron chi connectivity index (χ3n) is 3.91. The number of nitrogens with one attached hydrogen (secondary N) is 1. The zero-order chi connectivity index (χ0) is 16.3. The molecule has 5 N–H and O–H groups in total. The van der Waals surface area contributed by atoms with E-state index in [1.165, 1.54) is 0 Å². The Hall–Kier alpha value is -1.67. The molecular weight excluding hydrogens is 297 g/mol. The fourth-order valence-electron chi connectivity index (χ4n) is 2.54. The highest BCUT2D eigenvalue weighted by molar-refractivity contribution is 5.78. The average Bonchev–Trinajstić information content (AvgIpc) is 2.47. The number of alkyl halides is 3. The Morgan fingerprint density at radius 1 is 1.32 bits per heavy atom. The summed E-state index contributed by atoms with van der Waals surface area (Å²) in [5, 5.41) is 2.62. The molecule has 0 saturated heterocycles. The minimum Gasteiger partial charge on any atom is -0.350 e. The molecule has 1 aliphatic rings. The molecule has 22 heavy (non-hydrogen) atoms. The van der Waals surface area contributed by atoms with Gasteiger partial charge in [0.2, 0.25) is 5.91 Å². The van der Waals surface area contributed by atoms with E-state index in [9.17, 15) is 18.0 Å². The third kappa shape index (κ3) is 4.17. The van der Waals surface area contributed by atoms with Crippen LogP contribution in [0.5, 0.6) is 0 Å². The van der Waals surface area contributed by atoms with Crippen molar-refractivity contribution >= 4 is 5.91 Å². The summed E-state index contributed by atoms with van der Waals surface area (Å²) < 4.78 is 37.8. The molecule has 0 aliphatic heterocycles. The van der Waals surface area contributed by atoms with Gasteiger partial charge < -0.3 is 16.8 Å². The van der Waals surface area contributed by atoms with Crippen LogP contribution < -0.4 is 16.8 Å². The number of nitrogens with two attached hydrogens (primary N) is 2. The largest absolute Gasteiger partial charge is 0.416 e. The number of halogens is 3. The van der Waals surface area contributed by atoms with E-state index in [-0.39, 0.29) is 36.1 Å². The van der Waals surface area contributed by atoms with Crippen LogP contribution in [0.25, 0.3) is 0 Å². The summed E-state index contributed by atoms with van der Waals surface area (Å²) in [5.41, 5.74) is 11.0. The summed E-state index contributed by atoms with van der Waals surface area (Å²) in [4.78, 5) is 15.9. The predicted octanol–water partition coefficient (Wildman–Crippen LogP) is 1.17. The molecule has 1 amide bonds. The van der Waals surface area contributed by atoms with Gasteiger partial charge in [-0.3, -0.25) is 9.78 Å². The lowest BCUT2D eigenvalue weighted by Crippen LogP contribution is -2.48. The molecule has 3 unspecified atom stereocenters. The van der Waals surface area contributed by atoms with Crippen molar-refractivity contribution in [1.82, 2.24) is 10.3 Å². The molecule has 1 aliphatic carbocycles. The lowest BCUT2D eigenvalue weighted by atomic mass is 9.82. The first kappa shape index (κ1) is 16.7. The van der Waals surface area contributed by atoms with Gasteiger partial charge in [0.1, 0.15) is 0 Å². The summed E-state index contributed by atoms with van der Waals surface area (Å²) in [6.07, 6.45) is -1.55. The van der Waals surface area contributed by atoms with E-state index in [0.717, 1.165) is 18.3 Å². The van der Waals surface area contributed by atoms with Crippen LogP contribution in [0.15, 0.2) is 18.3 Å². The van der Waals surface area contributed by atoms with Crippen molar-refractivity contribution < 1.29 is 18.0 Å². The van der Waals surface area contributed by atoms with Gasteiger partial charge in [0.15, 0.2) is 0 Å². The molecule has 1 fully saturated rings. The Labute approximate surface area is 126 Å². The van der Waals surface area contributed by atoms with Crippen molar-refractivity contribution in [2.45, 2.75) is 44.1 Å². The highest BCUT2D eigenvalue weighted by Gasteiger charge is 2.31. The zero-order valence-corrected chi connectivity index (χ0v) is 11.9. The molecule has 5 nitrogen and oxygen atoms in total. The molecule has 1 aromatic heterocycles. The molecule has 1 aromatic rings. The Kier molecular flexibility index (Phi) is 5.02. The van der Waals surface area contributed by atoms with Gasteiger partial charge in [-0.05, 0) is 31.4 Å². The number of hydrogen-bond acceptors (Lipinski definition) is 4. The fourth-order valence-corrected chi connectivity index (χ4v) is 2.54. The van der Waals surface area contributed by atoms with Gasteiger partial charge in [-0.1, -0.05) is 0 Å². The number of hydrogen-bond donors (Lipinski definition) is 3. The molecule has 1 heterocycles. The van der Waals surface area contributed by atoms with Gasteiger partial charge in [0.25, 0.3) is 0 Å². The van der Waals surface area contributed by atoms with Crippen molar-refractivity contribution in [3.8, 4) is 0 Å². The lowest BCUT2D eigenvalue weighted by molar-refractivity contribution is -0.137. The number of carbonyl (C=O) groups excluding carboxylic acids is 1. The number of aromatic nitrogens is 1. The van der Waals surface area contributed by atoms with Crippen LogP contribution in [0.3, 0.4) is 0 Å². The van der Waals surface area contributed by atoms with Crippen LogP contribution in [0.2, 0.25) is 0 Å². The van der Waals surface area contributed by atoms with E-state index in [1.54, 1.807) is 0 Å². The predicted molar refractivity (Wildman–Crippen MR) is 74.4 cm³/mol. The van der Waals surface area contributed by atoms with Gasteiger partial charge in [-0.15, -0.1) is 0 Å². The standard InChI is InChI=1S/C14H19F3N4O/c15-14(16,17)9-3-4-20-10(6-9)7-21-13(22)8-1-2-11(18)12(19)5-8/h3-4,6,8,11-12H,1-2,5,7,18-19H2,(H,21,22). The number of pyridine rings is 1. The molecule has 0 aromatic carbocycles. The second-order valence-corrected chi connectivity index (χ2v) is 5.59. The maximum Gasteiger partial charge on any atom is 0.416 e. The Morgan fingerprint density at radius 2 is 2.05 bits per heavy atom. The Morgan fingerprint density at radius 3 is 2.68 bits per heavy atom. The molecular formula is C14H19F3N4O. The van der Waals surface area contributed by atoms with Crippen molar-refractivity contribution in [3.63, 3.8) is 0 Å². The molecule has 1 saturated carbocycles. The van der Waals surface area contributed by atoms with Crippen LogP contribution in [0.1, 0.15) is 30.5 Å². The SMILES string of the molecule is NC1CCC(C(=O)NCc2cc(C(F)(F)F)ccn2)CC1N. The number of amides is 1. The second-order valence-electron chi connectivity index (χ2n) is 5.59. The van der Waals surface area contributed by atoms with Crippen LogP contribution in [-0.2, 0) is 17.5 Å². The Balaban J connectivity index is 1.91. The average molecular weight is 316 g/mol. The highest BCUT2D eigenvalue weighted by Crippen LogP contribution is 2.29. The first-order chi connectivity index (χ1) is 10.3. The van der Waals surface area contributed by atoms with Crippen LogP contribution in [0, 0.1) is 5.92 Å². The minimum atomic E-state index is -4.42. The summed E-state index contributed by atoms with van der Waals surface area (Å²) in [6.45, 7) is -0.0411. The number of nitrogens with zero attached hydrogens (tertiary/aromatic N) is 1. The highest BCUT2D eigenvalue weighted by atomic mass is 19.4. The van der Waals surface area contributed by atoms with E-state index in [0.29, 0.717) is 19.3 Å². The summed E-state index contributed by atoms with van der Waals surface area (Å²) in [6, 6.07) is 1.50. The molecule has 122 valence electrons. The van der Waals surface area contributed by atoms with Gasteiger partial charge in [-0.25, -0.2) is 0 Å². The minimum absolute atomic E-state index is 0.0411. The molecule has 3 atom stereocenters. The maximum atomic E-state index is 12.6. The van der Waals surface area contributed by atoms with E-state index in [1.807, 2.05) is 0 Å². The normalized spacial score (nSPS) is 25.8. The quantitative estimate of drug-likeness (QED) is 0.780. The lowest BCUT2D eigenvalue weighted by Gasteiger charge is -2.30. The van der Waals surface area contributed by atoms with Crippen molar-refractivity contribution in [2.75, 3.05) is 0 Å². The smallest absolute Gasteiger partial charge is 0.350 e.